The minimum atomic E-state index is 0.526. The summed E-state index contributed by atoms with van der Waals surface area (Å²) < 4.78 is 5.88. The van der Waals surface area contributed by atoms with Gasteiger partial charge in [0, 0.05) is 12.6 Å². The Morgan fingerprint density at radius 1 is 1.33 bits per heavy atom. The monoisotopic (exact) mass is 213 g/mol. The highest BCUT2D eigenvalue weighted by Gasteiger charge is 2.24. The van der Waals surface area contributed by atoms with Crippen molar-refractivity contribution in [3.8, 4) is 0 Å². The molecule has 1 aliphatic rings. The van der Waals surface area contributed by atoms with Crippen molar-refractivity contribution in [3.63, 3.8) is 0 Å². The Labute approximate surface area is 94.8 Å². The molecule has 0 radical (unpaired) electrons. The van der Waals surface area contributed by atoms with E-state index in [0.29, 0.717) is 12.1 Å². The fourth-order valence-corrected chi connectivity index (χ4v) is 2.10. The van der Waals surface area contributed by atoms with Crippen molar-refractivity contribution < 1.29 is 4.74 Å². The largest absolute Gasteiger partial charge is 0.378 e. The molecule has 0 bridgehead atoms. The Kier molecular flexibility index (Phi) is 6.26. The minimum absolute atomic E-state index is 0.526. The molecule has 15 heavy (non-hydrogen) atoms. The molecule has 2 heteroatoms. The Morgan fingerprint density at radius 2 is 2.13 bits per heavy atom. The summed E-state index contributed by atoms with van der Waals surface area (Å²) in [6, 6.07) is 0.717. The summed E-state index contributed by atoms with van der Waals surface area (Å²) in [7, 11) is 0. The predicted octanol–water partition coefficient (Wildman–Crippen LogP) is 2.97. The van der Waals surface area contributed by atoms with Crippen molar-refractivity contribution in [1.29, 1.82) is 0 Å². The van der Waals surface area contributed by atoms with Gasteiger partial charge in [-0.2, -0.15) is 0 Å². The van der Waals surface area contributed by atoms with Crippen LogP contribution in [0.2, 0.25) is 0 Å². The zero-order valence-electron chi connectivity index (χ0n) is 10.6. The van der Waals surface area contributed by atoms with Crippen molar-refractivity contribution in [2.24, 2.45) is 5.92 Å². The standard InChI is InChI=1S/C13H27NO/c1-4-8-14-12-5-6-13(10-12)15-9-7-11(2)3/h11-14H,4-10H2,1-3H3. The van der Waals surface area contributed by atoms with E-state index in [4.69, 9.17) is 4.74 Å². The van der Waals surface area contributed by atoms with E-state index >= 15 is 0 Å². The maximum atomic E-state index is 5.88. The van der Waals surface area contributed by atoms with Crippen LogP contribution in [0.1, 0.15) is 52.9 Å². The summed E-state index contributed by atoms with van der Waals surface area (Å²) in [6.07, 6.45) is 6.72. The first-order chi connectivity index (χ1) is 7.22. The molecule has 0 heterocycles. The lowest BCUT2D eigenvalue weighted by molar-refractivity contribution is 0.0499. The third-order valence-electron chi connectivity index (χ3n) is 3.12. The summed E-state index contributed by atoms with van der Waals surface area (Å²) in [5, 5.41) is 3.58. The number of hydrogen-bond donors (Lipinski definition) is 1. The van der Waals surface area contributed by atoms with E-state index in [-0.39, 0.29) is 0 Å². The average Bonchev–Trinajstić information content (AvgIpc) is 2.62. The van der Waals surface area contributed by atoms with Gasteiger partial charge < -0.3 is 10.1 Å². The normalized spacial score (nSPS) is 26.4. The molecule has 2 atom stereocenters. The fraction of sp³-hybridized carbons (Fsp3) is 1.00. The molecular weight excluding hydrogens is 186 g/mol. The zero-order chi connectivity index (χ0) is 11.1. The first-order valence-corrected chi connectivity index (χ1v) is 6.57. The van der Waals surface area contributed by atoms with Gasteiger partial charge in [-0.25, -0.2) is 0 Å². The second kappa shape index (κ2) is 7.24. The van der Waals surface area contributed by atoms with Crippen LogP contribution in [0.25, 0.3) is 0 Å². The van der Waals surface area contributed by atoms with E-state index in [0.717, 1.165) is 19.1 Å². The lowest BCUT2D eigenvalue weighted by atomic mass is 10.1. The van der Waals surface area contributed by atoms with Crippen molar-refractivity contribution in [2.45, 2.75) is 65.0 Å². The van der Waals surface area contributed by atoms with E-state index in [2.05, 4.69) is 26.1 Å². The highest BCUT2D eigenvalue weighted by molar-refractivity contribution is 4.81. The van der Waals surface area contributed by atoms with Gasteiger partial charge in [0.05, 0.1) is 6.10 Å². The Balaban J connectivity index is 2.03. The third-order valence-corrected chi connectivity index (χ3v) is 3.12. The molecule has 0 saturated heterocycles. The molecule has 1 saturated carbocycles. The summed E-state index contributed by atoms with van der Waals surface area (Å²) in [5.41, 5.74) is 0. The van der Waals surface area contributed by atoms with E-state index in [9.17, 15) is 0 Å². The van der Waals surface area contributed by atoms with E-state index < -0.39 is 0 Å². The van der Waals surface area contributed by atoms with Crippen LogP contribution in [0.5, 0.6) is 0 Å². The van der Waals surface area contributed by atoms with Gasteiger partial charge in [-0.05, 0) is 44.6 Å². The van der Waals surface area contributed by atoms with Gasteiger partial charge in [-0.1, -0.05) is 20.8 Å². The van der Waals surface area contributed by atoms with Gasteiger partial charge in [0.25, 0.3) is 0 Å². The number of ether oxygens (including phenoxy) is 1. The smallest absolute Gasteiger partial charge is 0.0590 e. The van der Waals surface area contributed by atoms with Gasteiger partial charge in [0.15, 0.2) is 0 Å². The molecule has 0 spiro atoms. The van der Waals surface area contributed by atoms with Crippen molar-refractivity contribution >= 4 is 0 Å². The molecule has 1 aliphatic carbocycles. The quantitative estimate of drug-likeness (QED) is 0.702. The molecule has 1 rings (SSSR count). The van der Waals surface area contributed by atoms with Crippen LogP contribution in [-0.4, -0.2) is 25.3 Å². The molecule has 0 aromatic carbocycles. The summed E-state index contributed by atoms with van der Waals surface area (Å²) >= 11 is 0. The number of nitrogens with one attached hydrogen (secondary N) is 1. The molecule has 0 aromatic heterocycles. The summed E-state index contributed by atoms with van der Waals surface area (Å²) in [5.74, 6) is 0.764. The average molecular weight is 213 g/mol. The van der Waals surface area contributed by atoms with Gasteiger partial charge in [-0.15, -0.1) is 0 Å². The van der Waals surface area contributed by atoms with Gasteiger partial charge in [0.2, 0.25) is 0 Å². The molecule has 90 valence electrons. The molecule has 0 amide bonds. The molecule has 0 aromatic rings. The Morgan fingerprint density at radius 3 is 2.80 bits per heavy atom. The first-order valence-electron chi connectivity index (χ1n) is 6.57. The highest BCUT2D eigenvalue weighted by atomic mass is 16.5. The van der Waals surface area contributed by atoms with Crippen molar-refractivity contribution in [2.75, 3.05) is 13.2 Å². The molecule has 1 fully saturated rings. The van der Waals surface area contributed by atoms with Crippen LogP contribution in [0.3, 0.4) is 0 Å². The lowest BCUT2D eigenvalue weighted by Crippen LogP contribution is -2.27. The predicted molar refractivity (Wildman–Crippen MR) is 65.1 cm³/mol. The van der Waals surface area contributed by atoms with E-state index in [1.54, 1.807) is 0 Å². The van der Waals surface area contributed by atoms with Crippen LogP contribution in [0, 0.1) is 5.92 Å². The molecule has 2 nitrogen and oxygen atoms in total. The van der Waals surface area contributed by atoms with Gasteiger partial charge in [0.1, 0.15) is 0 Å². The number of rotatable bonds is 7. The topological polar surface area (TPSA) is 21.3 Å². The van der Waals surface area contributed by atoms with Crippen molar-refractivity contribution in [3.05, 3.63) is 0 Å². The molecule has 1 N–H and O–H groups in total. The number of hydrogen-bond acceptors (Lipinski definition) is 2. The lowest BCUT2D eigenvalue weighted by Gasteiger charge is -2.14. The Bertz CT molecular complexity index is 159. The second-order valence-corrected chi connectivity index (χ2v) is 5.14. The van der Waals surface area contributed by atoms with Crippen LogP contribution in [-0.2, 0) is 4.74 Å². The minimum Gasteiger partial charge on any atom is -0.378 e. The first kappa shape index (κ1) is 13.0. The van der Waals surface area contributed by atoms with E-state index in [1.165, 1.54) is 32.1 Å². The summed E-state index contributed by atoms with van der Waals surface area (Å²) in [4.78, 5) is 0. The SMILES string of the molecule is CCCNC1CCC(OCCC(C)C)C1. The van der Waals surface area contributed by atoms with Crippen LogP contribution < -0.4 is 5.32 Å². The fourth-order valence-electron chi connectivity index (χ4n) is 2.10. The third kappa shape index (κ3) is 5.53. The maximum Gasteiger partial charge on any atom is 0.0590 e. The second-order valence-electron chi connectivity index (χ2n) is 5.14. The summed E-state index contributed by atoms with van der Waals surface area (Å²) in [6.45, 7) is 8.83. The Hall–Kier alpha value is -0.0800. The molecular formula is C13H27NO. The molecule has 2 unspecified atom stereocenters. The molecule has 0 aliphatic heterocycles. The van der Waals surface area contributed by atoms with Gasteiger partial charge in [-0.3, -0.25) is 0 Å². The van der Waals surface area contributed by atoms with Crippen LogP contribution in [0.4, 0.5) is 0 Å². The van der Waals surface area contributed by atoms with Crippen LogP contribution in [0.15, 0.2) is 0 Å². The van der Waals surface area contributed by atoms with Gasteiger partial charge >= 0.3 is 0 Å². The highest BCUT2D eigenvalue weighted by Crippen LogP contribution is 2.22. The van der Waals surface area contributed by atoms with E-state index in [1.807, 2.05) is 0 Å². The maximum absolute atomic E-state index is 5.88. The zero-order valence-corrected chi connectivity index (χ0v) is 10.6. The van der Waals surface area contributed by atoms with Crippen LogP contribution >= 0.6 is 0 Å². The van der Waals surface area contributed by atoms with Crippen molar-refractivity contribution in [1.82, 2.24) is 5.32 Å².